The Hall–Kier alpha value is 0.290. The Morgan fingerprint density at radius 1 is 1.23 bits per heavy atom. The normalized spacial score (nSPS) is 23.3. The van der Waals surface area contributed by atoms with Crippen molar-refractivity contribution in [1.29, 1.82) is 0 Å². The van der Waals surface area contributed by atoms with Gasteiger partial charge in [0, 0.05) is 5.38 Å². The fourth-order valence-electron chi connectivity index (χ4n) is 2.41. The van der Waals surface area contributed by atoms with Gasteiger partial charge in [0.25, 0.3) is 0 Å². The number of halogens is 1. The van der Waals surface area contributed by atoms with Crippen LogP contribution in [0.2, 0.25) is 0 Å². The lowest BCUT2D eigenvalue weighted by molar-refractivity contribution is 0.336. The third-order valence-corrected chi connectivity index (χ3v) is 4.11. The standard InChI is InChI=1S/C12H23Cl/c1-3-12(13)9-8-10(2)11-6-4-5-7-11/h10-12H,3-9H2,1-2H3/t10-,12+/m0/s1. The summed E-state index contributed by atoms with van der Waals surface area (Å²) in [6.07, 6.45) is 9.56. The van der Waals surface area contributed by atoms with E-state index in [0.29, 0.717) is 5.38 Å². The van der Waals surface area contributed by atoms with E-state index in [1.54, 1.807) is 0 Å². The van der Waals surface area contributed by atoms with Crippen molar-refractivity contribution in [3.63, 3.8) is 0 Å². The molecule has 0 aromatic heterocycles. The van der Waals surface area contributed by atoms with Crippen LogP contribution in [0.1, 0.15) is 58.8 Å². The molecule has 1 saturated carbocycles. The molecule has 0 N–H and O–H groups in total. The zero-order valence-corrected chi connectivity index (χ0v) is 9.82. The van der Waals surface area contributed by atoms with Crippen LogP contribution < -0.4 is 0 Å². The molecule has 0 spiro atoms. The average Bonchev–Trinajstić information content (AvgIpc) is 2.66. The number of hydrogen-bond donors (Lipinski definition) is 0. The number of alkyl halides is 1. The van der Waals surface area contributed by atoms with Crippen LogP contribution >= 0.6 is 11.6 Å². The maximum atomic E-state index is 6.12. The van der Waals surface area contributed by atoms with Gasteiger partial charge in [-0.05, 0) is 31.1 Å². The zero-order valence-electron chi connectivity index (χ0n) is 9.06. The van der Waals surface area contributed by atoms with Crippen molar-refractivity contribution < 1.29 is 0 Å². The van der Waals surface area contributed by atoms with Gasteiger partial charge in [-0.1, -0.05) is 39.5 Å². The first-order valence-corrected chi connectivity index (χ1v) is 6.31. The van der Waals surface area contributed by atoms with Gasteiger partial charge in [0.05, 0.1) is 0 Å². The molecule has 0 aromatic rings. The molecule has 1 aliphatic rings. The van der Waals surface area contributed by atoms with Gasteiger partial charge in [-0.3, -0.25) is 0 Å². The van der Waals surface area contributed by atoms with E-state index in [1.807, 2.05) is 0 Å². The molecule has 0 heterocycles. The first-order valence-electron chi connectivity index (χ1n) is 5.88. The van der Waals surface area contributed by atoms with E-state index in [0.717, 1.165) is 18.3 Å². The lowest BCUT2D eigenvalue weighted by Crippen LogP contribution is -2.09. The minimum atomic E-state index is 0.420. The molecule has 1 rings (SSSR count). The molecule has 0 amide bonds. The second-order valence-electron chi connectivity index (χ2n) is 4.60. The second-order valence-corrected chi connectivity index (χ2v) is 5.22. The minimum absolute atomic E-state index is 0.420. The van der Waals surface area contributed by atoms with Gasteiger partial charge in [0.1, 0.15) is 0 Å². The van der Waals surface area contributed by atoms with Crippen molar-refractivity contribution >= 4 is 11.6 Å². The summed E-state index contributed by atoms with van der Waals surface area (Å²) in [6.45, 7) is 4.59. The third-order valence-electron chi connectivity index (χ3n) is 3.58. The highest BCUT2D eigenvalue weighted by molar-refractivity contribution is 6.20. The van der Waals surface area contributed by atoms with E-state index in [-0.39, 0.29) is 0 Å². The van der Waals surface area contributed by atoms with Crippen LogP contribution in [0.3, 0.4) is 0 Å². The monoisotopic (exact) mass is 202 g/mol. The molecule has 2 atom stereocenters. The lowest BCUT2D eigenvalue weighted by Gasteiger charge is -2.19. The Labute approximate surface area is 88.1 Å². The average molecular weight is 203 g/mol. The predicted octanol–water partition coefficient (Wildman–Crippen LogP) is 4.61. The van der Waals surface area contributed by atoms with Crippen LogP contribution in [0.5, 0.6) is 0 Å². The molecular weight excluding hydrogens is 180 g/mol. The third kappa shape index (κ3) is 3.89. The zero-order chi connectivity index (χ0) is 9.68. The molecule has 0 nitrogen and oxygen atoms in total. The smallest absolute Gasteiger partial charge is 0.0333 e. The van der Waals surface area contributed by atoms with Gasteiger partial charge in [0.2, 0.25) is 0 Å². The van der Waals surface area contributed by atoms with E-state index in [4.69, 9.17) is 11.6 Å². The van der Waals surface area contributed by atoms with Crippen LogP contribution in [-0.2, 0) is 0 Å². The summed E-state index contributed by atoms with van der Waals surface area (Å²) in [5, 5.41) is 0.420. The maximum absolute atomic E-state index is 6.12. The van der Waals surface area contributed by atoms with Crippen molar-refractivity contribution in [1.82, 2.24) is 0 Å². The maximum Gasteiger partial charge on any atom is 0.0333 e. The molecular formula is C12H23Cl. The number of rotatable bonds is 5. The summed E-state index contributed by atoms with van der Waals surface area (Å²) in [6, 6.07) is 0. The number of hydrogen-bond acceptors (Lipinski definition) is 0. The van der Waals surface area contributed by atoms with Gasteiger partial charge in [-0.25, -0.2) is 0 Å². The minimum Gasteiger partial charge on any atom is -0.123 e. The highest BCUT2D eigenvalue weighted by Gasteiger charge is 2.21. The summed E-state index contributed by atoms with van der Waals surface area (Å²) in [5.41, 5.74) is 0. The van der Waals surface area contributed by atoms with Crippen molar-refractivity contribution in [3.05, 3.63) is 0 Å². The molecule has 1 aliphatic carbocycles. The highest BCUT2D eigenvalue weighted by Crippen LogP contribution is 2.33. The predicted molar refractivity (Wildman–Crippen MR) is 60.3 cm³/mol. The van der Waals surface area contributed by atoms with Gasteiger partial charge < -0.3 is 0 Å². The Balaban J connectivity index is 2.12. The quantitative estimate of drug-likeness (QED) is 0.572. The molecule has 0 saturated heterocycles. The Morgan fingerprint density at radius 2 is 1.85 bits per heavy atom. The summed E-state index contributed by atoms with van der Waals surface area (Å²) >= 11 is 6.12. The Bertz CT molecular complexity index is 127. The van der Waals surface area contributed by atoms with Gasteiger partial charge >= 0.3 is 0 Å². The molecule has 1 heteroatoms. The largest absolute Gasteiger partial charge is 0.123 e. The van der Waals surface area contributed by atoms with E-state index in [1.165, 1.54) is 38.5 Å². The van der Waals surface area contributed by atoms with E-state index in [9.17, 15) is 0 Å². The van der Waals surface area contributed by atoms with Crippen molar-refractivity contribution in [2.45, 2.75) is 64.2 Å². The molecule has 1 fully saturated rings. The Kier molecular flexibility index (Phi) is 5.16. The van der Waals surface area contributed by atoms with Gasteiger partial charge in [-0.2, -0.15) is 0 Å². The van der Waals surface area contributed by atoms with Gasteiger partial charge in [0.15, 0.2) is 0 Å². The highest BCUT2D eigenvalue weighted by atomic mass is 35.5. The molecule has 0 radical (unpaired) electrons. The summed E-state index contributed by atoms with van der Waals surface area (Å²) in [4.78, 5) is 0. The summed E-state index contributed by atoms with van der Waals surface area (Å²) in [7, 11) is 0. The van der Waals surface area contributed by atoms with Crippen molar-refractivity contribution in [2.24, 2.45) is 11.8 Å². The topological polar surface area (TPSA) is 0 Å². The van der Waals surface area contributed by atoms with Crippen molar-refractivity contribution in [2.75, 3.05) is 0 Å². The first-order chi connectivity index (χ1) is 6.24. The molecule has 0 aromatic carbocycles. The first kappa shape index (κ1) is 11.4. The molecule has 13 heavy (non-hydrogen) atoms. The fraction of sp³-hybridized carbons (Fsp3) is 1.00. The fourth-order valence-corrected chi connectivity index (χ4v) is 2.54. The van der Waals surface area contributed by atoms with Gasteiger partial charge in [-0.15, -0.1) is 11.6 Å². The van der Waals surface area contributed by atoms with E-state index < -0.39 is 0 Å². The second kappa shape index (κ2) is 5.90. The van der Waals surface area contributed by atoms with E-state index >= 15 is 0 Å². The molecule has 78 valence electrons. The summed E-state index contributed by atoms with van der Waals surface area (Å²) < 4.78 is 0. The summed E-state index contributed by atoms with van der Waals surface area (Å²) in [5.74, 6) is 1.93. The lowest BCUT2D eigenvalue weighted by atomic mass is 9.88. The van der Waals surface area contributed by atoms with Crippen LogP contribution in [-0.4, -0.2) is 5.38 Å². The van der Waals surface area contributed by atoms with Crippen LogP contribution in [0.4, 0.5) is 0 Å². The van der Waals surface area contributed by atoms with Crippen LogP contribution in [0.25, 0.3) is 0 Å². The van der Waals surface area contributed by atoms with Crippen LogP contribution in [0.15, 0.2) is 0 Å². The SMILES string of the molecule is CC[C@@H](Cl)CC[C@H](C)C1CCCC1. The molecule has 0 unspecified atom stereocenters. The van der Waals surface area contributed by atoms with E-state index in [2.05, 4.69) is 13.8 Å². The Morgan fingerprint density at radius 3 is 2.38 bits per heavy atom. The van der Waals surface area contributed by atoms with Crippen LogP contribution in [0, 0.1) is 11.8 Å². The molecule has 0 aliphatic heterocycles. The molecule has 0 bridgehead atoms. The van der Waals surface area contributed by atoms with Crippen molar-refractivity contribution in [3.8, 4) is 0 Å².